The summed E-state index contributed by atoms with van der Waals surface area (Å²) in [4.78, 5) is 27.8. The number of halogens is 3. The SMILES string of the molecule is Cc1cccc(CN(C(=O)CN(c2cccc(C(F)(F)F)c2)S(=O)(=O)c2ccccc2)[C@@H](C)C(=O)NC(C)C)c1. The molecule has 0 radical (unpaired) electrons. The molecule has 7 nitrogen and oxygen atoms in total. The van der Waals surface area contributed by atoms with Crippen LogP contribution in [0.1, 0.15) is 37.5 Å². The van der Waals surface area contributed by atoms with E-state index in [1.807, 2.05) is 19.1 Å². The Morgan fingerprint density at radius 3 is 2.15 bits per heavy atom. The Labute approximate surface area is 232 Å². The molecule has 3 aromatic carbocycles. The molecule has 1 N–H and O–H groups in total. The number of nitrogens with zero attached hydrogens (tertiary/aromatic N) is 2. The van der Waals surface area contributed by atoms with E-state index in [1.165, 1.54) is 42.2 Å². The second-order valence-electron chi connectivity index (χ2n) is 9.72. The number of hydrogen-bond acceptors (Lipinski definition) is 4. The number of hydrogen-bond donors (Lipinski definition) is 1. The van der Waals surface area contributed by atoms with Crippen molar-refractivity contribution in [3.63, 3.8) is 0 Å². The van der Waals surface area contributed by atoms with Crippen LogP contribution >= 0.6 is 0 Å². The minimum atomic E-state index is -4.73. The van der Waals surface area contributed by atoms with Crippen molar-refractivity contribution in [1.29, 1.82) is 0 Å². The average molecular weight is 576 g/mol. The number of aryl methyl sites for hydroxylation is 1. The molecule has 0 spiro atoms. The van der Waals surface area contributed by atoms with Gasteiger partial charge in [-0.2, -0.15) is 13.2 Å². The molecule has 0 aliphatic carbocycles. The van der Waals surface area contributed by atoms with Crippen molar-refractivity contribution in [3.05, 3.63) is 95.6 Å². The minimum Gasteiger partial charge on any atom is -0.352 e. The zero-order valence-corrected chi connectivity index (χ0v) is 23.5. The lowest BCUT2D eigenvalue weighted by Crippen LogP contribution is -2.52. The summed E-state index contributed by atoms with van der Waals surface area (Å²) in [5.74, 6) is -1.21. The Hall–Kier alpha value is -3.86. The molecule has 2 amide bonds. The third kappa shape index (κ3) is 7.62. The van der Waals surface area contributed by atoms with Crippen LogP contribution in [0.2, 0.25) is 0 Å². The number of amides is 2. The first kappa shape index (κ1) is 30.7. The summed E-state index contributed by atoms with van der Waals surface area (Å²) in [6, 6.07) is 17.0. The number of benzene rings is 3. The molecule has 0 heterocycles. The summed E-state index contributed by atoms with van der Waals surface area (Å²) in [7, 11) is -4.47. The smallest absolute Gasteiger partial charge is 0.352 e. The van der Waals surface area contributed by atoms with Gasteiger partial charge < -0.3 is 10.2 Å². The van der Waals surface area contributed by atoms with Crippen LogP contribution in [0.4, 0.5) is 18.9 Å². The molecule has 11 heteroatoms. The van der Waals surface area contributed by atoms with Crippen molar-refractivity contribution in [2.75, 3.05) is 10.8 Å². The highest BCUT2D eigenvalue weighted by molar-refractivity contribution is 7.92. The van der Waals surface area contributed by atoms with Gasteiger partial charge in [0.25, 0.3) is 10.0 Å². The third-order valence-corrected chi connectivity index (χ3v) is 7.89. The maximum Gasteiger partial charge on any atom is 0.416 e. The normalized spacial score (nSPS) is 12.6. The highest BCUT2D eigenvalue weighted by Crippen LogP contribution is 2.33. The maximum atomic E-state index is 13.8. The van der Waals surface area contributed by atoms with E-state index < -0.39 is 46.2 Å². The van der Waals surface area contributed by atoms with E-state index in [-0.39, 0.29) is 23.2 Å². The van der Waals surface area contributed by atoms with E-state index in [2.05, 4.69) is 5.32 Å². The Morgan fingerprint density at radius 2 is 1.55 bits per heavy atom. The van der Waals surface area contributed by atoms with E-state index in [9.17, 15) is 31.2 Å². The van der Waals surface area contributed by atoms with Crippen LogP contribution < -0.4 is 9.62 Å². The predicted molar refractivity (Wildman–Crippen MR) is 147 cm³/mol. The van der Waals surface area contributed by atoms with E-state index in [0.29, 0.717) is 15.9 Å². The number of nitrogens with one attached hydrogen (secondary N) is 1. The van der Waals surface area contributed by atoms with Crippen LogP contribution in [-0.4, -0.2) is 43.8 Å². The highest BCUT2D eigenvalue weighted by atomic mass is 32.2. The van der Waals surface area contributed by atoms with Gasteiger partial charge in [-0.1, -0.05) is 54.1 Å². The molecular formula is C29H32F3N3O4S. The molecule has 40 heavy (non-hydrogen) atoms. The van der Waals surface area contributed by atoms with Crippen molar-refractivity contribution in [1.82, 2.24) is 10.2 Å². The van der Waals surface area contributed by atoms with Gasteiger partial charge in [-0.05, 0) is 63.6 Å². The zero-order valence-electron chi connectivity index (χ0n) is 22.6. The van der Waals surface area contributed by atoms with Crippen LogP contribution in [0.25, 0.3) is 0 Å². The molecule has 3 rings (SSSR count). The third-order valence-electron chi connectivity index (χ3n) is 6.11. The molecule has 1 atom stereocenters. The van der Waals surface area contributed by atoms with E-state index >= 15 is 0 Å². The van der Waals surface area contributed by atoms with E-state index in [1.54, 1.807) is 32.0 Å². The molecule has 0 aromatic heterocycles. The number of sulfonamides is 1. The standard InChI is InChI=1S/C29H32F3N3O4S/c1-20(2)33-28(37)22(4)34(18-23-11-8-10-21(3)16-23)27(36)19-35(40(38,39)26-14-6-5-7-15-26)25-13-9-12-24(17-25)29(30,31)32/h5-17,20,22H,18-19H2,1-4H3,(H,33,37)/t22-/m0/s1. The Bertz CT molecular complexity index is 1440. The fourth-order valence-electron chi connectivity index (χ4n) is 4.08. The van der Waals surface area contributed by atoms with Crippen molar-refractivity contribution in [2.45, 2.75) is 57.4 Å². The molecule has 0 aliphatic rings. The molecule has 0 unspecified atom stereocenters. The first-order valence-corrected chi connectivity index (χ1v) is 14.0. The Kier molecular flexibility index (Phi) is 9.62. The fraction of sp³-hybridized carbons (Fsp3) is 0.310. The summed E-state index contributed by atoms with van der Waals surface area (Å²) in [5.41, 5.74) is 0.226. The van der Waals surface area contributed by atoms with E-state index in [4.69, 9.17) is 0 Å². The van der Waals surface area contributed by atoms with Crippen molar-refractivity contribution in [3.8, 4) is 0 Å². The van der Waals surface area contributed by atoms with Crippen molar-refractivity contribution in [2.24, 2.45) is 0 Å². The van der Waals surface area contributed by atoms with Gasteiger partial charge >= 0.3 is 6.18 Å². The summed E-state index contributed by atoms with van der Waals surface area (Å²) < 4.78 is 68.6. The number of anilines is 1. The number of carbonyl (C=O) groups excluding carboxylic acids is 2. The lowest BCUT2D eigenvalue weighted by molar-refractivity contribution is -0.139. The van der Waals surface area contributed by atoms with Crippen LogP contribution in [0, 0.1) is 6.92 Å². The van der Waals surface area contributed by atoms with Crippen LogP contribution in [0.3, 0.4) is 0 Å². The van der Waals surface area contributed by atoms with Crippen molar-refractivity contribution >= 4 is 27.5 Å². The first-order valence-electron chi connectivity index (χ1n) is 12.6. The summed E-state index contributed by atoms with van der Waals surface area (Å²) in [5, 5.41) is 2.75. The van der Waals surface area contributed by atoms with Gasteiger partial charge in [0.15, 0.2) is 0 Å². The van der Waals surface area contributed by atoms with E-state index in [0.717, 1.165) is 17.7 Å². The quantitative estimate of drug-likeness (QED) is 0.362. The molecule has 0 bridgehead atoms. The second kappa shape index (κ2) is 12.5. The fourth-order valence-corrected chi connectivity index (χ4v) is 5.51. The van der Waals surface area contributed by atoms with Crippen LogP contribution in [0.15, 0.2) is 83.8 Å². The molecule has 214 valence electrons. The lowest BCUT2D eigenvalue weighted by Gasteiger charge is -2.32. The van der Waals surface area contributed by atoms with Gasteiger partial charge in [-0.3, -0.25) is 13.9 Å². The summed E-state index contributed by atoms with van der Waals surface area (Å²) >= 11 is 0. The van der Waals surface area contributed by atoms with Crippen molar-refractivity contribution < 1.29 is 31.2 Å². The second-order valence-corrected chi connectivity index (χ2v) is 11.6. The number of rotatable bonds is 10. The molecule has 0 saturated carbocycles. The van der Waals surface area contributed by atoms with Gasteiger partial charge in [-0.25, -0.2) is 8.42 Å². The van der Waals surface area contributed by atoms with Gasteiger partial charge in [0.2, 0.25) is 11.8 Å². The van der Waals surface area contributed by atoms with Gasteiger partial charge in [0.1, 0.15) is 12.6 Å². The average Bonchev–Trinajstić information content (AvgIpc) is 2.89. The molecule has 3 aromatic rings. The summed E-state index contributed by atoms with van der Waals surface area (Å²) in [6.45, 7) is 6.06. The monoisotopic (exact) mass is 575 g/mol. The molecule has 0 saturated heterocycles. The van der Waals surface area contributed by atoms with Gasteiger partial charge in [0, 0.05) is 12.6 Å². The largest absolute Gasteiger partial charge is 0.416 e. The molecule has 0 aliphatic heterocycles. The number of carbonyl (C=O) groups is 2. The van der Waals surface area contributed by atoms with Gasteiger partial charge in [-0.15, -0.1) is 0 Å². The Balaban J connectivity index is 2.08. The summed E-state index contributed by atoms with van der Waals surface area (Å²) in [6.07, 6.45) is -4.73. The van der Waals surface area contributed by atoms with Gasteiger partial charge in [0.05, 0.1) is 16.1 Å². The topological polar surface area (TPSA) is 86.8 Å². The lowest BCUT2D eigenvalue weighted by atomic mass is 10.1. The molecular weight excluding hydrogens is 543 g/mol. The van der Waals surface area contributed by atoms with Crippen LogP contribution in [0.5, 0.6) is 0 Å². The Morgan fingerprint density at radius 1 is 0.900 bits per heavy atom. The zero-order chi connectivity index (χ0) is 29.7. The predicted octanol–water partition coefficient (Wildman–Crippen LogP) is 5.15. The van der Waals surface area contributed by atoms with Crippen LogP contribution in [-0.2, 0) is 32.3 Å². The minimum absolute atomic E-state index is 0.0188. The highest BCUT2D eigenvalue weighted by Gasteiger charge is 2.35. The first-order chi connectivity index (χ1) is 18.7. The molecule has 0 fully saturated rings. The maximum absolute atomic E-state index is 13.8. The number of alkyl halides is 3.